The molecule has 0 radical (unpaired) electrons. The Kier molecular flexibility index (Phi) is 1.52. The molecule has 0 aliphatic carbocycles. The topological polar surface area (TPSA) is 12.4 Å². The Bertz CT molecular complexity index is 98.3. The second-order valence-electron chi connectivity index (χ2n) is 1.45. The average Bonchev–Trinajstić information content (AvgIpc) is 2.14. The van der Waals surface area contributed by atoms with E-state index >= 15 is 0 Å². The zero-order valence-electron chi connectivity index (χ0n) is 4.00. The summed E-state index contributed by atoms with van der Waals surface area (Å²) in [4.78, 5) is 0. The summed E-state index contributed by atoms with van der Waals surface area (Å²) in [6, 6.07) is 0. The van der Waals surface area contributed by atoms with Crippen molar-refractivity contribution in [3.63, 3.8) is 0 Å². The number of hydrogen-bond acceptors (Lipinski definition) is 2. The van der Waals surface area contributed by atoms with Crippen molar-refractivity contribution in [1.29, 1.82) is 0 Å². The standard InChI is InChI=1S/C5H7NS/c1-2-5-3-6-7-4-5/h2-3,5H,1,4H2. The Morgan fingerprint density at radius 3 is 3.14 bits per heavy atom. The van der Waals surface area contributed by atoms with E-state index in [2.05, 4.69) is 11.0 Å². The van der Waals surface area contributed by atoms with Gasteiger partial charge in [-0.25, -0.2) is 4.40 Å². The van der Waals surface area contributed by atoms with Gasteiger partial charge in [0.25, 0.3) is 0 Å². The van der Waals surface area contributed by atoms with E-state index in [1.165, 1.54) is 0 Å². The van der Waals surface area contributed by atoms with E-state index in [1.807, 2.05) is 12.3 Å². The first-order valence-electron chi connectivity index (χ1n) is 2.21. The maximum atomic E-state index is 3.96. The Balaban J connectivity index is 2.42. The lowest BCUT2D eigenvalue weighted by molar-refractivity contribution is 1.07. The first-order valence-corrected chi connectivity index (χ1v) is 3.16. The highest BCUT2D eigenvalue weighted by Gasteiger charge is 2.04. The molecule has 0 fully saturated rings. The normalized spacial score (nSPS) is 28.3. The van der Waals surface area contributed by atoms with E-state index in [9.17, 15) is 0 Å². The highest BCUT2D eigenvalue weighted by Crippen LogP contribution is 2.15. The maximum absolute atomic E-state index is 3.96. The Morgan fingerprint density at radius 1 is 2.00 bits per heavy atom. The molecule has 0 bridgehead atoms. The zero-order valence-corrected chi connectivity index (χ0v) is 4.82. The largest absolute Gasteiger partial charge is 0.228 e. The molecule has 0 saturated heterocycles. The summed E-state index contributed by atoms with van der Waals surface area (Å²) in [6.07, 6.45) is 3.85. The van der Waals surface area contributed by atoms with Crippen LogP contribution in [-0.4, -0.2) is 12.0 Å². The summed E-state index contributed by atoms with van der Waals surface area (Å²) >= 11 is 1.60. The molecule has 38 valence electrons. The third-order valence-electron chi connectivity index (χ3n) is 0.897. The van der Waals surface area contributed by atoms with Gasteiger partial charge in [-0.3, -0.25) is 0 Å². The van der Waals surface area contributed by atoms with Gasteiger partial charge in [-0.15, -0.1) is 6.58 Å². The van der Waals surface area contributed by atoms with Crippen LogP contribution in [0.25, 0.3) is 0 Å². The van der Waals surface area contributed by atoms with E-state index in [1.54, 1.807) is 11.9 Å². The van der Waals surface area contributed by atoms with Crippen molar-refractivity contribution in [2.75, 3.05) is 5.75 Å². The molecule has 1 atom stereocenters. The van der Waals surface area contributed by atoms with Crippen molar-refractivity contribution < 1.29 is 0 Å². The van der Waals surface area contributed by atoms with Crippen LogP contribution >= 0.6 is 11.9 Å². The molecule has 0 amide bonds. The molecule has 7 heavy (non-hydrogen) atoms. The minimum Gasteiger partial charge on any atom is -0.228 e. The van der Waals surface area contributed by atoms with Gasteiger partial charge in [0.15, 0.2) is 0 Å². The number of hydrogen-bond donors (Lipinski definition) is 0. The van der Waals surface area contributed by atoms with Gasteiger partial charge in [0.05, 0.1) is 0 Å². The van der Waals surface area contributed by atoms with E-state index in [0.29, 0.717) is 5.92 Å². The lowest BCUT2D eigenvalue weighted by Crippen LogP contribution is -1.92. The fourth-order valence-electron chi connectivity index (χ4n) is 0.422. The van der Waals surface area contributed by atoms with Crippen LogP contribution in [0, 0.1) is 5.92 Å². The molecule has 0 N–H and O–H groups in total. The molecule has 1 aliphatic rings. The fraction of sp³-hybridized carbons (Fsp3) is 0.400. The Morgan fingerprint density at radius 2 is 2.86 bits per heavy atom. The van der Waals surface area contributed by atoms with Crippen molar-refractivity contribution in [2.24, 2.45) is 10.3 Å². The molecule has 2 heteroatoms. The summed E-state index contributed by atoms with van der Waals surface area (Å²) in [6.45, 7) is 3.64. The van der Waals surface area contributed by atoms with Gasteiger partial charge >= 0.3 is 0 Å². The van der Waals surface area contributed by atoms with Gasteiger partial charge in [0.2, 0.25) is 0 Å². The summed E-state index contributed by atoms with van der Waals surface area (Å²) in [5, 5.41) is 0. The van der Waals surface area contributed by atoms with Gasteiger partial charge < -0.3 is 0 Å². The van der Waals surface area contributed by atoms with Crippen LogP contribution in [0.3, 0.4) is 0 Å². The summed E-state index contributed by atoms with van der Waals surface area (Å²) in [5.74, 6) is 1.62. The summed E-state index contributed by atoms with van der Waals surface area (Å²) in [7, 11) is 0. The van der Waals surface area contributed by atoms with Crippen LogP contribution in [0.1, 0.15) is 0 Å². The second kappa shape index (κ2) is 2.17. The molecule has 1 aliphatic heterocycles. The molecular formula is C5H7NS. The van der Waals surface area contributed by atoms with Crippen LogP contribution in [0.15, 0.2) is 17.1 Å². The van der Waals surface area contributed by atoms with Gasteiger partial charge in [0.1, 0.15) is 0 Å². The Labute approximate surface area is 47.7 Å². The smallest absolute Gasteiger partial charge is 0.0266 e. The minimum absolute atomic E-state index is 0.532. The van der Waals surface area contributed by atoms with Crippen LogP contribution in [0.2, 0.25) is 0 Å². The van der Waals surface area contributed by atoms with E-state index in [-0.39, 0.29) is 0 Å². The van der Waals surface area contributed by atoms with Gasteiger partial charge in [-0.05, 0) is 11.9 Å². The molecule has 0 saturated carbocycles. The van der Waals surface area contributed by atoms with Crippen LogP contribution < -0.4 is 0 Å². The van der Waals surface area contributed by atoms with Crippen molar-refractivity contribution >= 4 is 18.2 Å². The fourth-order valence-corrected chi connectivity index (χ4v) is 1.14. The SMILES string of the molecule is C=CC1C=NSC1. The molecular weight excluding hydrogens is 106 g/mol. The molecule has 1 rings (SSSR count). The van der Waals surface area contributed by atoms with Gasteiger partial charge in [-0.1, -0.05) is 6.08 Å². The zero-order chi connectivity index (χ0) is 5.11. The number of nitrogens with zero attached hydrogens (tertiary/aromatic N) is 1. The minimum atomic E-state index is 0.532. The highest BCUT2D eigenvalue weighted by molar-refractivity contribution is 7.98. The molecule has 1 unspecified atom stereocenters. The summed E-state index contributed by atoms with van der Waals surface area (Å²) in [5.41, 5.74) is 0. The first-order chi connectivity index (χ1) is 3.43. The highest BCUT2D eigenvalue weighted by atomic mass is 32.2. The van der Waals surface area contributed by atoms with E-state index < -0.39 is 0 Å². The van der Waals surface area contributed by atoms with Crippen LogP contribution in [-0.2, 0) is 0 Å². The molecule has 0 aromatic rings. The third kappa shape index (κ3) is 1.06. The lowest BCUT2D eigenvalue weighted by atomic mass is 10.2. The quantitative estimate of drug-likeness (QED) is 0.371. The number of rotatable bonds is 1. The predicted molar refractivity (Wildman–Crippen MR) is 34.6 cm³/mol. The van der Waals surface area contributed by atoms with Crippen molar-refractivity contribution in [3.8, 4) is 0 Å². The first kappa shape index (κ1) is 4.91. The Hall–Kier alpha value is -0.240. The average molecular weight is 113 g/mol. The lowest BCUT2D eigenvalue weighted by Gasteiger charge is -1.88. The van der Waals surface area contributed by atoms with Gasteiger partial charge in [0, 0.05) is 17.9 Å². The molecule has 0 aromatic carbocycles. The monoisotopic (exact) mass is 113 g/mol. The van der Waals surface area contributed by atoms with Crippen LogP contribution in [0.4, 0.5) is 0 Å². The molecule has 0 spiro atoms. The van der Waals surface area contributed by atoms with Gasteiger partial charge in [-0.2, -0.15) is 0 Å². The van der Waals surface area contributed by atoms with Crippen molar-refractivity contribution in [3.05, 3.63) is 12.7 Å². The molecule has 1 heterocycles. The van der Waals surface area contributed by atoms with Crippen molar-refractivity contribution in [2.45, 2.75) is 0 Å². The third-order valence-corrected chi connectivity index (χ3v) is 1.70. The summed E-state index contributed by atoms with van der Waals surface area (Å²) < 4.78 is 3.96. The number of allylic oxidation sites excluding steroid dienone is 1. The van der Waals surface area contributed by atoms with Crippen molar-refractivity contribution in [1.82, 2.24) is 0 Å². The predicted octanol–water partition coefficient (Wildman–Crippen LogP) is 1.52. The van der Waals surface area contributed by atoms with Crippen LogP contribution in [0.5, 0.6) is 0 Å². The maximum Gasteiger partial charge on any atom is 0.0266 e. The van der Waals surface area contributed by atoms with E-state index in [4.69, 9.17) is 0 Å². The second-order valence-corrected chi connectivity index (χ2v) is 2.25. The van der Waals surface area contributed by atoms with E-state index in [0.717, 1.165) is 5.75 Å². The molecule has 0 aromatic heterocycles. The molecule has 1 nitrogen and oxygen atoms in total.